The molecule has 0 saturated carbocycles. The van der Waals surface area contributed by atoms with Crippen LogP contribution in [0, 0.1) is 5.82 Å². The van der Waals surface area contributed by atoms with Gasteiger partial charge >= 0.3 is 0 Å². The summed E-state index contributed by atoms with van der Waals surface area (Å²) in [5, 5.41) is 1.85. The number of rotatable bonds is 8. The molecule has 3 rings (SSSR count). The van der Waals surface area contributed by atoms with Crippen LogP contribution in [-0.2, 0) is 21.1 Å². The van der Waals surface area contributed by atoms with Gasteiger partial charge in [-0.15, -0.1) is 0 Å². The van der Waals surface area contributed by atoms with Crippen molar-refractivity contribution in [3.63, 3.8) is 0 Å². The van der Waals surface area contributed by atoms with Gasteiger partial charge in [-0.2, -0.15) is 0 Å². The maximum Gasteiger partial charge on any atom is 0.225 e. The van der Waals surface area contributed by atoms with Gasteiger partial charge in [0.1, 0.15) is 5.82 Å². The molecule has 1 aliphatic heterocycles. The van der Waals surface area contributed by atoms with E-state index in [1.54, 1.807) is 0 Å². The molecule has 2 aromatic rings. The van der Waals surface area contributed by atoms with Crippen LogP contribution in [0.1, 0.15) is 18.9 Å². The smallest absolute Gasteiger partial charge is 0.225 e. The molecule has 0 spiro atoms. The van der Waals surface area contributed by atoms with Crippen LogP contribution in [0.15, 0.2) is 53.4 Å². The fourth-order valence-electron chi connectivity index (χ4n) is 3.55. The highest BCUT2D eigenvalue weighted by atomic mass is 32.2. The summed E-state index contributed by atoms with van der Waals surface area (Å²) < 4.78 is 38.2. The van der Waals surface area contributed by atoms with Crippen molar-refractivity contribution in [3.05, 3.63) is 59.9 Å². The van der Waals surface area contributed by atoms with Crippen LogP contribution in [0.25, 0.3) is 0 Å². The Labute approximate surface area is 184 Å². The topological polar surface area (TPSA) is 69.7 Å². The standard InChI is InChI=1S/C23H30FN3O3S/c1-18(31(29,30)22-9-5-20(24)6-10-22)17-23(28)25-21-7-3-19(4-8-21)11-12-27-15-13-26(2)14-16-27/h3-10,18H,11-17H2,1-2H3,(H,25,28). The molecule has 0 aliphatic carbocycles. The van der Waals surface area contributed by atoms with Gasteiger partial charge < -0.3 is 15.1 Å². The van der Waals surface area contributed by atoms with Crippen molar-refractivity contribution in [2.24, 2.45) is 0 Å². The third kappa shape index (κ3) is 6.59. The first-order chi connectivity index (χ1) is 14.7. The number of carbonyl (C=O) groups excluding carboxylic acids is 1. The number of piperazine rings is 1. The van der Waals surface area contributed by atoms with Gasteiger partial charge in [-0.25, -0.2) is 12.8 Å². The maximum atomic E-state index is 13.1. The SMILES string of the molecule is CC(CC(=O)Nc1ccc(CCN2CCN(C)CC2)cc1)S(=O)(=O)c1ccc(F)cc1. The number of amides is 1. The Morgan fingerprint density at radius 3 is 2.26 bits per heavy atom. The van der Waals surface area contributed by atoms with Crippen molar-refractivity contribution >= 4 is 21.4 Å². The minimum atomic E-state index is -3.71. The lowest BCUT2D eigenvalue weighted by atomic mass is 10.1. The largest absolute Gasteiger partial charge is 0.326 e. The lowest BCUT2D eigenvalue weighted by Crippen LogP contribution is -2.45. The number of halogens is 1. The van der Waals surface area contributed by atoms with E-state index in [4.69, 9.17) is 0 Å². The molecule has 1 fully saturated rings. The molecule has 0 aromatic heterocycles. The zero-order chi connectivity index (χ0) is 22.4. The lowest BCUT2D eigenvalue weighted by molar-refractivity contribution is -0.116. The number of carbonyl (C=O) groups is 1. The third-order valence-corrected chi connectivity index (χ3v) is 7.85. The second-order valence-corrected chi connectivity index (χ2v) is 10.5. The molecule has 168 valence electrons. The molecule has 6 nitrogen and oxygen atoms in total. The van der Waals surface area contributed by atoms with Crippen LogP contribution in [0.4, 0.5) is 10.1 Å². The molecular weight excluding hydrogens is 417 g/mol. The Bertz CT molecular complexity index is 970. The molecule has 0 radical (unpaired) electrons. The number of hydrogen-bond donors (Lipinski definition) is 1. The van der Waals surface area contributed by atoms with E-state index in [-0.39, 0.29) is 17.2 Å². The van der Waals surface area contributed by atoms with E-state index in [0.717, 1.165) is 51.3 Å². The van der Waals surface area contributed by atoms with Gasteiger partial charge in [-0.1, -0.05) is 12.1 Å². The van der Waals surface area contributed by atoms with Crippen LogP contribution in [0.3, 0.4) is 0 Å². The predicted octanol–water partition coefficient (Wildman–Crippen LogP) is 2.81. The van der Waals surface area contributed by atoms with Gasteiger partial charge in [-0.3, -0.25) is 4.79 Å². The fourth-order valence-corrected chi connectivity index (χ4v) is 4.90. The van der Waals surface area contributed by atoms with E-state index in [1.807, 2.05) is 24.3 Å². The van der Waals surface area contributed by atoms with Crippen molar-refractivity contribution in [2.45, 2.75) is 29.9 Å². The average molecular weight is 448 g/mol. The molecule has 1 N–H and O–H groups in total. The molecule has 31 heavy (non-hydrogen) atoms. The molecule has 1 atom stereocenters. The van der Waals surface area contributed by atoms with E-state index in [9.17, 15) is 17.6 Å². The second-order valence-electron chi connectivity index (χ2n) is 8.15. The number of nitrogens with zero attached hydrogens (tertiary/aromatic N) is 2. The highest BCUT2D eigenvalue weighted by molar-refractivity contribution is 7.92. The molecule has 1 amide bonds. The van der Waals surface area contributed by atoms with E-state index in [0.29, 0.717) is 5.69 Å². The number of anilines is 1. The van der Waals surface area contributed by atoms with Crippen LogP contribution in [0.5, 0.6) is 0 Å². The van der Waals surface area contributed by atoms with Crippen molar-refractivity contribution in [2.75, 3.05) is 45.1 Å². The minimum Gasteiger partial charge on any atom is -0.326 e. The number of benzene rings is 2. The highest BCUT2D eigenvalue weighted by Crippen LogP contribution is 2.19. The van der Waals surface area contributed by atoms with Crippen LogP contribution in [-0.4, -0.2) is 69.1 Å². The van der Waals surface area contributed by atoms with Crippen molar-refractivity contribution in [1.29, 1.82) is 0 Å². The van der Waals surface area contributed by atoms with Crippen LogP contribution >= 0.6 is 0 Å². The van der Waals surface area contributed by atoms with E-state index in [2.05, 4.69) is 22.2 Å². The predicted molar refractivity (Wildman–Crippen MR) is 120 cm³/mol. The summed E-state index contributed by atoms with van der Waals surface area (Å²) in [7, 11) is -1.56. The zero-order valence-electron chi connectivity index (χ0n) is 18.1. The summed E-state index contributed by atoms with van der Waals surface area (Å²) in [6, 6.07) is 12.3. The average Bonchev–Trinajstić information content (AvgIpc) is 2.74. The van der Waals surface area contributed by atoms with Gasteiger partial charge in [0.25, 0.3) is 0 Å². The van der Waals surface area contributed by atoms with Gasteiger partial charge in [0.15, 0.2) is 9.84 Å². The van der Waals surface area contributed by atoms with Gasteiger partial charge in [0.2, 0.25) is 5.91 Å². The third-order valence-electron chi connectivity index (χ3n) is 5.70. The first kappa shape index (κ1) is 23.4. The molecule has 1 aliphatic rings. The van der Waals surface area contributed by atoms with Crippen LogP contribution in [0.2, 0.25) is 0 Å². The summed E-state index contributed by atoms with van der Waals surface area (Å²) >= 11 is 0. The Morgan fingerprint density at radius 2 is 1.65 bits per heavy atom. The van der Waals surface area contributed by atoms with E-state index < -0.39 is 20.9 Å². The Hall–Kier alpha value is -2.29. The number of nitrogens with one attached hydrogen (secondary N) is 1. The Morgan fingerprint density at radius 1 is 1.03 bits per heavy atom. The van der Waals surface area contributed by atoms with E-state index in [1.165, 1.54) is 24.6 Å². The number of hydrogen-bond acceptors (Lipinski definition) is 5. The summed E-state index contributed by atoms with van der Waals surface area (Å²) in [5.74, 6) is -0.875. The van der Waals surface area contributed by atoms with Gasteiger partial charge in [0, 0.05) is 44.8 Å². The van der Waals surface area contributed by atoms with Crippen molar-refractivity contribution in [3.8, 4) is 0 Å². The maximum absolute atomic E-state index is 13.1. The monoisotopic (exact) mass is 447 g/mol. The first-order valence-corrected chi connectivity index (χ1v) is 12.1. The zero-order valence-corrected chi connectivity index (χ0v) is 18.9. The van der Waals surface area contributed by atoms with Crippen LogP contribution < -0.4 is 5.32 Å². The summed E-state index contributed by atoms with van der Waals surface area (Å²) in [6.07, 6.45) is 0.774. The molecule has 1 saturated heterocycles. The summed E-state index contributed by atoms with van der Waals surface area (Å²) in [4.78, 5) is 17.2. The Balaban J connectivity index is 1.49. The molecule has 0 bridgehead atoms. The summed E-state index contributed by atoms with van der Waals surface area (Å²) in [6.45, 7) is 6.87. The lowest BCUT2D eigenvalue weighted by Gasteiger charge is -2.32. The molecule has 2 aromatic carbocycles. The van der Waals surface area contributed by atoms with Gasteiger partial charge in [-0.05, 0) is 62.4 Å². The van der Waals surface area contributed by atoms with Crippen molar-refractivity contribution < 1.29 is 17.6 Å². The normalized spacial score (nSPS) is 16.7. The number of sulfone groups is 1. The van der Waals surface area contributed by atoms with E-state index >= 15 is 0 Å². The molecule has 1 unspecified atom stereocenters. The second kappa shape index (κ2) is 10.3. The molecular formula is C23H30FN3O3S. The number of likely N-dealkylation sites (N-methyl/N-ethyl adjacent to an activating group) is 1. The van der Waals surface area contributed by atoms with Crippen molar-refractivity contribution in [1.82, 2.24) is 9.80 Å². The minimum absolute atomic E-state index is 0.0129. The Kier molecular flexibility index (Phi) is 7.80. The quantitative estimate of drug-likeness (QED) is 0.631. The first-order valence-electron chi connectivity index (χ1n) is 10.5. The highest BCUT2D eigenvalue weighted by Gasteiger charge is 2.25. The summed E-state index contributed by atoms with van der Waals surface area (Å²) in [5.41, 5.74) is 1.84. The fraction of sp³-hybridized carbons (Fsp3) is 0.435. The molecule has 1 heterocycles. The van der Waals surface area contributed by atoms with Gasteiger partial charge in [0.05, 0.1) is 10.1 Å². The molecule has 8 heteroatoms.